The van der Waals surface area contributed by atoms with Gasteiger partial charge in [-0.15, -0.1) is 0 Å². The summed E-state index contributed by atoms with van der Waals surface area (Å²) in [5.74, 6) is 0.893. The number of ether oxygens (including phenoxy) is 1. The van der Waals surface area contributed by atoms with E-state index < -0.39 is 0 Å². The first-order valence-electron chi connectivity index (χ1n) is 13.0. The molecule has 196 valence electrons. The predicted molar refractivity (Wildman–Crippen MR) is 151 cm³/mol. The van der Waals surface area contributed by atoms with Crippen molar-refractivity contribution in [1.29, 1.82) is 0 Å². The lowest BCUT2D eigenvalue weighted by Crippen LogP contribution is -2.30. The number of H-pyrrole nitrogens is 1. The van der Waals surface area contributed by atoms with E-state index in [4.69, 9.17) is 9.72 Å². The van der Waals surface area contributed by atoms with Crippen LogP contribution in [0.25, 0.3) is 11.3 Å². The average Bonchev–Trinajstić information content (AvgIpc) is 3.26. The molecule has 2 aromatic rings. The summed E-state index contributed by atoms with van der Waals surface area (Å²) in [5.41, 5.74) is 5.50. The standard InChI is InChI=1S/C28H42N6OS/c1-7-14-34(16-17-35-20(2)3)15-8-9-24-12-13-29-27(18-24)31-23(6)36-28-21(4)10-11-26(32-28)25-19-30-33-22(25)5/h10-11,18-20H,6-9,12-17H2,1-5H3,(H,29,31)(H,30,33). The Labute approximate surface area is 220 Å². The Balaban J connectivity index is 1.51. The van der Waals surface area contributed by atoms with Crippen LogP contribution in [0.15, 0.2) is 51.6 Å². The number of amidine groups is 1. The van der Waals surface area contributed by atoms with E-state index in [1.54, 1.807) is 11.8 Å². The maximum absolute atomic E-state index is 5.75. The van der Waals surface area contributed by atoms with Gasteiger partial charge >= 0.3 is 0 Å². The van der Waals surface area contributed by atoms with Crippen molar-refractivity contribution in [3.8, 4) is 11.3 Å². The van der Waals surface area contributed by atoms with Gasteiger partial charge < -0.3 is 15.0 Å². The van der Waals surface area contributed by atoms with Crippen molar-refractivity contribution in [3.63, 3.8) is 0 Å². The summed E-state index contributed by atoms with van der Waals surface area (Å²) in [6, 6.07) is 4.13. The number of nitrogens with one attached hydrogen (secondary N) is 2. The number of hydrogen-bond acceptors (Lipinski definition) is 7. The topological polar surface area (TPSA) is 78.4 Å². The van der Waals surface area contributed by atoms with Crippen LogP contribution in [0, 0.1) is 13.8 Å². The lowest BCUT2D eigenvalue weighted by atomic mass is 10.0. The van der Waals surface area contributed by atoms with Crippen LogP contribution >= 0.6 is 11.8 Å². The first-order valence-corrected chi connectivity index (χ1v) is 13.9. The fourth-order valence-electron chi connectivity index (χ4n) is 4.16. The minimum absolute atomic E-state index is 0.295. The van der Waals surface area contributed by atoms with Crippen LogP contribution in [0.2, 0.25) is 0 Å². The maximum atomic E-state index is 5.75. The molecule has 0 unspecified atom stereocenters. The number of hydrogen-bond donors (Lipinski definition) is 2. The second kappa shape index (κ2) is 14.4. The molecule has 3 rings (SSSR count). The molecule has 2 N–H and O–H groups in total. The summed E-state index contributed by atoms with van der Waals surface area (Å²) in [4.78, 5) is 12.1. The summed E-state index contributed by atoms with van der Waals surface area (Å²) in [6.07, 6.45) is 8.76. The zero-order chi connectivity index (χ0) is 25.9. The highest BCUT2D eigenvalue weighted by atomic mass is 32.2. The van der Waals surface area contributed by atoms with Gasteiger partial charge in [0.15, 0.2) is 0 Å². The van der Waals surface area contributed by atoms with E-state index in [2.05, 4.69) is 71.8 Å². The van der Waals surface area contributed by atoms with Crippen molar-refractivity contribution >= 4 is 17.6 Å². The third-order valence-electron chi connectivity index (χ3n) is 6.07. The molecule has 8 heteroatoms. The molecule has 0 atom stereocenters. The van der Waals surface area contributed by atoms with Crippen molar-refractivity contribution in [2.45, 2.75) is 71.4 Å². The van der Waals surface area contributed by atoms with Gasteiger partial charge in [-0.3, -0.25) is 10.1 Å². The summed E-state index contributed by atoms with van der Waals surface area (Å²) in [6.45, 7) is 19.6. The second-order valence-corrected chi connectivity index (χ2v) is 10.6. The van der Waals surface area contributed by atoms with Gasteiger partial charge in [-0.1, -0.05) is 36.9 Å². The quantitative estimate of drug-likeness (QED) is 0.309. The Hall–Kier alpha value is -2.42. The van der Waals surface area contributed by atoms with Crippen LogP contribution in [0.4, 0.5) is 0 Å². The Morgan fingerprint density at radius 2 is 2.08 bits per heavy atom. The zero-order valence-electron chi connectivity index (χ0n) is 22.6. The van der Waals surface area contributed by atoms with E-state index >= 15 is 0 Å². The smallest absolute Gasteiger partial charge is 0.125 e. The summed E-state index contributed by atoms with van der Waals surface area (Å²) < 4.78 is 5.75. The van der Waals surface area contributed by atoms with Crippen molar-refractivity contribution in [1.82, 2.24) is 25.4 Å². The molecule has 0 spiro atoms. The molecule has 3 heterocycles. The molecule has 0 bridgehead atoms. The molecule has 0 radical (unpaired) electrons. The summed E-state index contributed by atoms with van der Waals surface area (Å²) in [7, 11) is 0. The molecule has 0 saturated carbocycles. The van der Waals surface area contributed by atoms with E-state index in [-0.39, 0.29) is 0 Å². The van der Waals surface area contributed by atoms with Gasteiger partial charge in [-0.25, -0.2) is 4.98 Å². The van der Waals surface area contributed by atoms with Gasteiger partial charge in [0, 0.05) is 24.3 Å². The molecule has 0 amide bonds. The molecule has 1 aliphatic rings. The molecule has 2 aromatic heterocycles. The van der Waals surface area contributed by atoms with Crippen LogP contribution in [0.1, 0.15) is 57.7 Å². The van der Waals surface area contributed by atoms with Crippen molar-refractivity contribution in [2.75, 3.05) is 32.8 Å². The Bertz CT molecular complexity index is 1060. The number of thioether (sulfide) groups is 1. The maximum Gasteiger partial charge on any atom is 0.125 e. The van der Waals surface area contributed by atoms with Crippen LogP contribution in [-0.2, 0) is 4.74 Å². The van der Waals surface area contributed by atoms with Crippen molar-refractivity contribution < 1.29 is 4.74 Å². The van der Waals surface area contributed by atoms with E-state index in [0.29, 0.717) is 6.10 Å². The minimum atomic E-state index is 0.295. The van der Waals surface area contributed by atoms with Crippen LogP contribution in [0.5, 0.6) is 0 Å². The number of dihydropyridines is 1. The van der Waals surface area contributed by atoms with E-state index in [0.717, 1.165) is 90.5 Å². The Morgan fingerprint density at radius 1 is 1.25 bits per heavy atom. The Morgan fingerprint density at radius 3 is 2.81 bits per heavy atom. The molecule has 0 aromatic carbocycles. The SMILES string of the molecule is C=C(NC1=NCCC(CCCN(CCC)CCOC(C)C)=C1)Sc1nc(-c2cn[nH]c2C)ccc1C. The number of aromatic nitrogens is 3. The van der Waals surface area contributed by atoms with Crippen LogP contribution in [0.3, 0.4) is 0 Å². The minimum Gasteiger partial charge on any atom is -0.377 e. The molecule has 0 saturated heterocycles. The lowest BCUT2D eigenvalue weighted by molar-refractivity contribution is 0.0587. The Kier molecular flexibility index (Phi) is 11.2. The molecule has 0 fully saturated rings. The van der Waals surface area contributed by atoms with Crippen molar-refractivity contribution in [3.05, 3.63) is 52.8 Å². The first-order chi connectivity index (χ1) is 17.4. The number of aromatic amines is 1. The first kappa shape index (κ1) is 28.2. The highest BCUT2D eigenvalue weighted by Crippen LogP contribution is 2.29. The van der Waals surface area contributed by atoms with E-state index in [1.807, 2.05) is 19.2 Å². The molecule has 1 aliphatic heterocycles. The molecule has 0 aliphatic carbocycles. The van der Waals surface area contributed by atoms with Crippen LogP contribution < -0.4 is 5.32 Å². The van der Waals surface area contributed by atoms with Gasteiger partial charge in [0.2, 0.25) is 0 Å². The fraction of sp³-hybridized carbons (Fsp3) is 0.536. The highest BCUT2D eigenvalue weighted by Gasteiger charge is 2.13. The third kappa shape index (κ3) is 8.91. The highest BCUT2D eigenvalue weighted by molar-refractivity contribution is 8.03. The molecule has 7 nitrogen and oxygen atoms in total. The van der Waals surface area contributed by atoms with Gasteiger partial charge in [-0.2, -0.15) is 5.10 Å². The number of aryl methyl sites for hydroxylation is 2. The average molecular weight is 511 g/mol. The van der Waals surface area contributed by atoms with Gasteiger partial charge in [0.05, 0.1) is 29.6 Å². The van der Waals surface area contributed by atoms with Crippen molar-refractivity contribution in [2.24, 2.45) is 4.99 Å². The third-order valence-corrected chi connectivity index (χ3v) is 7.03. The van der Waals surface area contributed by atoms with Crippen LogP contribution in [-0.4, -0.2) is 64.8 Å². The zero-order valence-corrected chi connectivity index (χ0v) is 23.4. The fourth-order valence-corrected chi connectivity index (χ4v) is 4.92. The number of nitrogens with zero attached hydrogens (tertiary/aromatic N) is 4. The molecule has 36 heavy (non-hydrogen) atoms. The largest absolute Gasteiger partial charge is 0.377 e. The van der Waals surface area contributed by atoms with Gasteiger partial charge in [0.1, 0.15) is 10.9 Å². The monoisotopic (exact) mass is 510 g/mol. The second-order valence-electron chi connectivity index (χ2n) is 9.56. The number of rotatable bonds is 14. The van der Waals surface area contributed by atoms with Gasteiger partial charge in [0.25, 0.3) is 0 Å². The van der Waals surface area contributed by atoms with E-state index in [1.165, 1.54) is 12.0 Å². The summed E-state index contributed by atoms with van der Waals surface area (Å²) in [5, 5.41) is 12.3. The normalized spacial score (nSPS) is 13.8. The lowest BCUT2D eigenvalue weighted by Gasteiger charge is -2.23. The van der Waals surface area contributed by atoms with Gasteiger partial charge in [-0.05, 0) is 84.2 Å². The number of aliphatic imine (C=N–C) groups is 1. The predicted octanol–water partition coefficient (Wildman–Crippen LogP) is 5.89. The number of pyridine rings is 1. The molecular formula is C28H42N6OS. The van der Waals surface area contributed by atoms with E-state index in [9.17, 15) is 0 Å². The molecular weight excluding hydrogens is 468 g/mol. The summed E-state index contributed by atoms with van der Waals surface area (Å²) >= 11 is 1.54.